The number of aliphatic carboxylic acids is 1. The number of benzene rings is 3. The third-order valence-corrected chi connectivity index (χ3v) is 8.78. The Kier molecular flexibility index (Phi) is 8.85. The molecule has 3 aromatic carbocycles. The molecule has 4 nitrogen and oxygen atoms in total. The van der Waals surface area contributed by atoms with Gasteiger partial charge in [0, 0.05) is 0 Å². The Hall–Kier alpha value is -2.68. The molecule has 0 amide bonds. The number of carbonyl (C=O) groups excluding carboxylic acids is 2. The molecule has 0 aliphatic carbocycles. The Labute approximate surface area is 176 Å². The van der Waals surface area contributed by atoms with Crippen molar-refractivity contribution in [2.75, 3.05) is 19.2 Å². The summed E-state index contributed by atoms with van der Waals surface area (Å²) in [6.07, 6.45) is 0.363. The van der Waals surface area contributed by atoms with Gasteiger partial charge in [0.05, 0.1) is 19.0 Å². The maximum atomic E-state index is 12.4. The van der Waals surface area contributed by atoms with Gasteiger partial charge in [-0.3, -0.25) is 0 Å². The van der Waals surface area contributed by atoms with Crippen LogP contribution in [0.4, 0.5) is 0 Å². The first-order valence-corrected chi connectivity index (χ1v) is 11.4. The highest BCUT2D eigenvalue weighted by Crippen LogP contribution is 2.55. The van der Waals surface area contributed by atoms with Crippen molar-refractivity contribution in [3.05, 3.63) is 91.0 Å². The molecule has 0 heterocycles. The molecule has 0 radical (unpaired) electrons. The van der Waals surface area contributed by atoms with Crippen molar-refractivity contribution in [1.82, 2.24) is 0 Å². The lowest BCUT2D eigenvalue weighted by molar-refractivity contribution is -0.301. The lowest BCUT2D eigenvalue weighted by Gasteiger charge is -2.26. The van der Waals surface area contributed by atoms with Crippen molar-refractivity contribution in [3.8, 4) is 0 Å². The van der Waals surface area contributed by atoms with E-state index in [4.69, 9.17) is 14.6 Å². The van der Waals surface area contributed by atoms with Crippen LogP contribution in [0.3, 0.4) is 0 Å². The third-order valence-electron chi connectivity index (χ3n) is 4.29. The number of carboxylic acid groups (broad SMARTS) is 1. The lowest BCUT2D eigenvalue weighted by Crippen LogP contribution is -2.36. The molecular weight excluding hydrogens is 407 g/mol. The molecule has 0 unspecified atom stereocenters. The van der Waals surface area contributed by atoms with Gasteiger partial charge in [0.1, 0.15) is 23.2 Å². The molecule has 0 saturated heterocycles. The molecule has 0 aliphatic rings. The van der Waals surface area contributed by atoms with E-state index < -0.39 is 19.1 Å². The predicted molar refractivity (Wildman–Crippen MR) is 118 cm³/mol. The van der Waals surface area contributed by atoms with Gasteiger partial charge in [-0.25, -0.2) is 4.79 Å². The van der Waals surface area contributed by atoms with Crippen LogP contribution in [-0.2, 0) is 14.3 Å². The fraction of sp³-hybridized carbons (Fsp3) is 0.130. The highest BCUT2D eigenvalue weighted by atomic mass is 35.5. The topological polar surface area (TPSA) is 66.4 Å². The number of alkyl halides is 1. The summed E-state index contributed by atoms with van der Waals surface area (Å²) >= 11 is 4.67. The number of halogens is 1. The molecule has 29 heavy (non-hydrogen) atoms. The summed E-state index contributed by atoms with van der Waals surface area (Å²) in [6.45, 7) is 0. The maximum absolute atomic E-state index is 12.4. The summed E-state index contributed by atoms with van der Waals surface area (Å²) in [4.78, 5) is 21.5. The van der Waals surface area contributed by atoms with Crippen LogP contribution in [-0.4, -0.2) is 31.1 Å². The first kappa shape index (κ1) is 22.6. The Morgan fingerprint density at radius 3 is 1.34 bits per heavy atom. The standard InChI is InChI=1S/C21H20O2P.C2H3ClO2/c1-23-21(22)17-24(18-11-5-2-6-12-18,19-13-7-3-8-14-19)20-15-9-4-10-16-20;3-1-2(4)5/h2-16H,17H2,1H3;1H2,(H,4,5)/q+1;/p-1. The second kappa shape index (κ2) is 11.4. The monoisotopic (exact) mass is 428 g/mol. The number of rotatable bonds is 6. The highest BCUT2D eigenvalue weighted by molar-refractivity contribution is 7.96. The smallest absolute Gasteiger partial charge is 0.344 e. The van der Waals surface area contributed by atoms with Gasteiger partial charge in [0.25, 0.3) is 0 Å². The van der Waals surface area contributed by atoms with Crippen LogP contribution in [0, 0.1) is 0 Å². The van der Waals surface area contributed by atoms with Crippen molar-refractivity contribution < 1.29 is 19.4 Å². The fourth-order valence-electron chi connectivity index (χ4n) is 3.03. The van der Waals surface area contributed by atoms with Crippen LogP contribution in [0.5, 0.6) is 0 Å². The van der Waals surface area contributed by atoms with Crippen LogP contribution >= 0.6 is 18.9 Å². The second-order valence-corrected chi connectivity index (χ2v) is 9.81. The number of carboxylic acids is 1. The molecule has 150 valence electrons. The molecule has 0 fully saturated rings. The number of esters is 1. The molecule has 6 heteroatoms. The van der Waals surface area contributed by atoms with Gasteiger partial charge in [0.2, 0.25) is 0 Å². The zero-order valence-electron chi connectivity index (χ0n) is 16.0. The van der Waals surface area contributed by atoms with Crippen molar-refractivity contribution in [1.29, 1.82) is 0 Å². The molecule has 0 spiro atoms. The van der Waals surface area contributed by atoms with E-state index in [2.05, 4.69) is 48.0 Å². The summed E-state index contributed by atoms with van der Waals surface area (Å²) < 4.78 is 5.06. The van der Waals surface area contributed by atoms with E-state index >= 15 is 0 Å². The lowest BCUT2D eigenvalue weighted by atomic mass is 10.4. The summed E-state index contributed by atoms with van der Waals surface area (Å²) in [6, 6.07) is 31.0. The summed E-state index contributed by atoms with van der Waals surface area (Å²) in [7, 11) is -0.644. The van der Waals surface area contributed by atoms with E-state index in [1.165, 1.54) is 23.0 Å². The van der Waals surface area contributed by atoms with Crippen LogP contribution in [0.1, 0.15) is 0 Å². The number of methoxy groups -OCH3 is 1. The zero-order chi connectivity index (χ0) is 21.1. The predicted octanol–water partition coefficient (Wildman–Crippen LogP) is 2.13. The van der Waals surface area contributed by atoms with Gasteiger partial charge in [-0.2, -0.15) is 0 Å². The zero-order valence-corrected chi connectivity index (χ0v) is 17.7. The molecular formula is C23H22ClO4P. The minimum atomic E-state index is -2.10. The molecule has 0 saturated carbocycles. The van der Waals surface area contributed by atoms with Crippen molar-refractivity contribution in [2.24, 2.45) is 0 Å². The summed E-state index contributed by atoms with van der Waals surface area (Å²) in [5, 5.41) is 12.7. The minimum Gasteiger partial charge on any atom is -0.549 e. The van der Waals surface area contributed by atoms with E-state index in [0.717, 1.165) is 0 Å². The Balaban J connectivity index is 0.000000537. The molecule has 3 rings (SSSR count). The minimum absolute atomic E-state index is 0.181. The second-order valence-electron chi connectivity index (χ2n) is 6.06. The van der Waals surface area contributed by atoms with Gasteiger partial charge >= 0.3 is 5.97 Å². The van der Waals surface area contributed by atoms with Gasteiger partial charge in [-0.1, -0.05) is 54.6 Å². The van der Waals surface area contributed by atoms with Crippen LogP contribution in [0.25, 0.3) is 0 Å². The number of hydrogen-bond donors (Lipinski definition) is 0. The molecule has 3 aromatic rings. The van der Waals surface area contributed by atoms with Gasteiger partial charge in [-0.05, 0) is 36.4 Å². The number of carbonyl (C=O) groups is 2. The SMILES string of the molecule is COC(=O)C[P+](c1ccccc1)(c1ccccc1)c1ccccc1.O=C([O-])CCl. The Morgan fingerprint density at radius 2 is 1.10 bits per heavy atom. The van der Waals surface area contributed by atoms with E-state index in [1.54, 1.807) is 0 Å². The van der Waals surface area contributed by atoms with Crippen LogP contribution in [0.15, 0.2) is 91.0 Å². The first-order valence-electron chi connectivity index (χ1n) is 8.92. The molecule has 0 aromatic heterocycles. The van der Waals surface area contributed by atoms with Crippen LogP contribution in [0.2, 0.25) is 0 Å². The summed E-state index contributed by atoms with van der Waals surface area (Å²) in [5.74, 6) is -1.83. The Bertz CT molecular complexity index is 805. The van der Waals surface area contributed by atoms with Gasteiger partial charge in [0.15, 0.2) is 6.16 Å². The van der Waals surface area contributed by atoms with E-state index in [1.807, 2.05) is 54.6 Å². The van der Waals surface area contributed by atoms with E-state index in [-0.39, 0.29) is 5.97 Å². The van der Waals surface area contributed by atoms with Gasteiger partial charge in [-0.15, -0.1) is 11.6 Å². The first-order chi connectivity index (χ1) is 14.0. The highest BCUT2D eigenvalue weighted by Gasteiger charge is 2.47. The van der Waals surface area contributed by atoms with Crippen molar-refractivity contribution in [3.63, 3.8) is 0 Å². The average Bonchev–Trinajstić information content (AvgIpc) is 2.79. The largest absolute Gasteiger partial charge is 0.549 e. The Morgan fingerprint density at radius 1 is 0.793 bits per heavy atom. The van der Waals surface area contributed by atoms with Crippen LogP contribution < -0.4 is 21.0 Å². The molecule has 0 aliphatic heterocycles. The quantitative estimate of drug-likeness (QED) is 0.343. The molecule has 0 bridgehead atoms. The van der Waals surface area contributed by atoms with E-state index in [9.17, 15) is 4.79 Å². The maximum Gasteiger partial charge on any atom is 0.344 e. The van der Waals surface area contributed by atoms with Gasteiger partial charge < -0.3 is 14.6 Å². The van der Waals surface area contributed by atoms with Crippen molar-refractivity contribution >= 4 is 46.7 Å². The molecule has 0 N–H and O–H groups in total. The fourth-order valence-corrected chi connectivity index (χ4v) is 7.03. The van der Waals surface area contributed by atoms with Crippen molar-refractivity contribution in [2.45, 2.75) is 0 Å². The summed E-state index contributed by atoms with van der Waals surface area (Å²) in [5.41, 5.74) is 0. The normalized spacial score (nSPS) is 10.4. The number of hydrogen-bond acceptors (Lipinski definition) is 4. The molecule has 0 atom stereocenters. The third kappa shape index (κ3) is 5.90. The average molecular weight is 429 g/mol. The van der Waals surface area contributed by atoms with E-state index in [0.29, 0.717) is 6.16 Å². The number of ether oxygens (including phenoxy) is 1.